The Hall–Kier alpha value is -2.22. The summed E-state index contributed by atoms with van der Waals surface area (Å²) in [6.07, 6.45) is 1.12. The first-order valence-corrected chi connectivity index (χ1v) is 6.58. The fourth-order valence-corrected chi connectivity index (χ4v) is 1.80. The Kier molecular flexibility index (Phi) is 4.46. The number of hydrogen-bond acceptors (Lipinski definition) is 6. The lowest BCUT2D eigenvalue weighted by Crippen LogP contribution is -2.05. The maximum Gasteiger partial charge on any atom is 0.349 e. The van der Waals surface area contributed by atoms with Crippen LogP contribution in [0.3, 0.4) is 0 Å². The molecule has 0 unspecified atom stereocenters. The molecule has 0 aliphatic rings. The van der Waals surface area contributed by atoms with Crippen molar-refractivity contribution < 1.29 is 9.66 Å². The fourth-order valence-electron chi connectivity index (χ4n) is 1.44. The number of benzene rings is 1. The van der Waals surface area contributed by atoms with Crippen molar-refractivity contribution in [3.8, 4) is 11.6 Å². The monoisotopic (exact) mass is 338 g/mol. The van der Waals surface area contributed by atoms with Crippen LogP contribution in [0, 0.1) is 10.1 Å². The molecule has 8 heteroatoms. The van der Waals surface area contributed by atoms with Crippen LogP contribution in [0.2, 0.25) is 0 Å². The first-order chi connectivity index (χ1) is 9.61. The van der Waals surface area contributed by atoms with Gasteiger partial charge in [0.25, 0.3) is 0 Å². The minimum absolute atomic E-state index is 0.104. The molecule has 0 spiro atoms. The van der Waals surface area contributed by atoms with E-state index >= 15 is 0 Å². The molecule has 0 atom stereocenters. The quantitative estimate of drug-likeness (QED) is 0.663. The molecule has 1 aromatic carbocycles. The Labute approximate surface area is 123 Å². The maximum absolute atomic E-state index is 11.0. The van der Waals surface area contributed by atoms with Gasteiger partial charge >= 0.3 is 11.6 Å². The number of ether oxygens (including phenoxy) is 1. The molecule has 1 heterocycles. The predicted octanol–water partition coefficient (Wildman–Crippen LogP) is 3.37. The van der Waals surface area contributed by atoms with Gasteiger partial charge in [-0.15, -0.1) is 0 Å². The number of para-hydroxylation sites is 1. The van der Waals surface area contributed by atoms with Crippen molar-refractivity contribution in [2.45, 2.75) is 6.92 Å². The summed E-state index contributed by atoms with van der Waals surface area (Å²) < 4.78 is 6.19. The number of nitrogens with zero attached hydrogens (tertiary/aromatic N) is 3. The molecular weight excluding hydrogens is 328 g/mol. The lowest BCUT2D eigenvalue weighted by molar-refractivity contribution is -0.386. The van der Waals surface area contributed by atoms with Crippen molar-refractivity contribution in [2.24, 2.45) is 0 Å². The van der Waals surface area contributed by atoms with E-state index in [0.717, 1.165) is 6.20 Å². The van der Waals surface area contributed by atoms with Crippen molar-refractivity contribution in [2.75, 3.05) is 11.9 Å². The van der Waals surface area contributed by atoms with E-state index in [1.54, 1.807) is 18.2 Å². The minimum atomic E-state index is -0.581. The van der Waals surface area contributed by atoms with E-state index in [2.05, 4.69) is 31.2 Å². The average molecular weight is 339 g/mol. The number of rotatable bonds is 5. The number of anilines is 1. The number of aromatic nitrogens is 2. The summed E-state index contributed by atoms with van der Waals surface area (Å²) in [5.74, 6) is 0.616. The molecule has 104 valence electrons. The van der Waals surface area contributed by atoms with E-state index in [0.29, 0.717) is 16.8 Å². The van der Waals surface area contributed by atoms with Crippen LogP contribution < -0.4 is 10.1 Å². The van der Waals surface area contributed by atoms with Crippen LogP contribution in [0.5, 0.6) is 11.6 Å². The summed E-state index contributed by atoms with van der Waals surface area (Å²) in [6.45, 7) is 2.48. The molecule has 0 radical (unpaired) electrons. The van der Waals surface area contributed by atoms with Gasteiger partial charge in [0.05, 0.1) is 9.40 Å². The van der Waals surface area contributed by atoms with Crippen LogP contribution in [0.25, 0.3) is 0 Å². The summed E-state index contributed by atoms with van der Waals surface area (Å²) in [6, 6.07) is 7.03. The second kappa shape index (κ2) is 6.29. The Balaban J connectivity index is 2.40. The predicted molar refractivity (Wildman–Crippen MR) is 77.1 cm³/mol. The van der Waals surface area contributed by atoms with Crippen molar-refractivity contribution in [1.82, 2.24) is 9.97 Å². The molecule has 0 fully saturated rings. The van der Waals surface area contributed by atoms with Gasteiger partial charge in [-0.2, -0.15) is 4.98 Å². The van der Waals surface area contributed by atoms with Crippen molar-refractivity contribution in [3.63, 3.8) is 0 Å². The maximum atomic E-state index is 11.0. The summed E-state index contributed by atoms with van der Waals surface area (Å²) in [4.78, 5) is 18.3. The highest BCUT2D eigenvalue weighted by atomic mass is 79.9. The summed E-state index contributed by atoms with van der Waals surface area (Å²) >= 11 is 3.31. The zero-order valence-corrected chi connectivity index (χ0v) is 12.1. The van der Waals surface area contributed by atoms with E-state index in [1.807, 2.05) is 13.0 Å². The standard InChI is InChI=1S/C12H11BrN4O3/c1-2-14-12-15-7-9(17(18)19)11(16-12)20-10-6-4-3-5-8(10)13/h3-7H,2H2,1H3,(H,14,15,16). The molecule has 7 nitrogen and oxygen atoms in total. The van der Waals surface area contributed by atoms with Gasteiger partial charge in [-0.25, -0.2) is 4.98 Å². The minimum Gasteiger partial charge on any atom is -0.432 e. The van der Waals surface area contributed by atoms with Crippen molar-refractivity contribution in [3.05, 3.63) is 45.0 Å². The van der Waals surface area contributed by atoms with Gasteiger partial charge in [0.15, 0.2) is 0 Å². The molecule has 2 rings (SSSR count). The van der Waals surface area contributed by atoms with Crippen molar-refractivity contribution in [1.29, 1.82) is 0 Å². The smallest absolute Gasteiger partial charge is 0.349 e. The van der Waals surface area contributed by atoms with E-state index in [-0.39, 0.29) is 17.5 Å². The summed E-state index contributed by atoms with van der Waals surface area (Å²) in [5, 5.41) is 13.9. The molecule has 2 aromatic rings. The van der Waals surface area contributed by atoms with Gasteiger partial charge in [-0.05, 0) is 35.0 Å². The highest BCUT2D eigenvalue weighted by molar-refractivity contribution is 9.10. The van der Waals surface area contributed by atoms with Crippen LogP contribution >= 0.6 is 15.9 Å². The lowest BCUT2D eigenvalue weighted by Gasteiger charge is -2.08. The Morgan fingerprint density at radius 1 is 1.45 bits per heavy atom. The van der Waals surface area contributed by atoms with Gasteiger partial charge in [-0.1, -0.05) is 12.1 Å². The third-order valence-corrected chi connectivity index (χ3v) is 2.97. The first kappa shape index (κ1) is 14.2. The third-order valence-electron chi connectivity index (χ3n) is 2.31. The van der Waals surface area contributed by atoms with E-state index in [1.165, 1.54) is 0 Å². The SMILES string of the molecule is CCNc1ncc([N+](=O)[O-])c(Oc2ccccc2Br)n1. The zero-order valence-electron chi connectivity index (χ0n) is 10.5. The topological polar surface area (TPSA) is 90.2 Å². The average Bonchev–Trinajstić information content (AvgIpc) is 2.42. The molecule has 0 amide bonds. The van der Waals surface area contributed by atoms with Crippen LogP contribution in [0.1, 0.15) is 6.92 Å². The van der Waals surface area contributed by atoms with Crippen molar-refractivity contribution >= 4 is 27.6 Å². The highest BCUT2D eigenvalue weighted by Crippen LogP contribution is 2.33. The van der Waals surface area contributed by atoms with Gasteiger partial charge < -0.3 is 10.1 Å². The second-order valence-corrected chi connectivity index (χ2v) is 4.56. The molecule has 0 saturated heterocycles. The largest absolute Gasteiger partial charge is 0.432 e. The Bertz CT molecular complexity index is 636. The first-order valence-electron chi connectivity index (χ1n) is 5.79. The molecule has 1 aromatic heterocycles. The number of halogens is 1. The molecule has 0 aliphatic heterocycles. The van der Waals surface area contributed by atoms with Crippen LogP contribution in [0.4, 0.5) is 11.6 Å². The molecule has 0 bridgehead atoms. The molecule has 0 saturated carbocycles. The molecule has 1 N–H and O–H groups in total. The Morgan fingerprint density at radius 3 is 2.85 bits per heavy atom. The second-order valence-electron chi connectivity index (χ2n) is 3.70. The third kappa shape index (κ3) is 3.21. The Morgan fingerprint density at radius 2 is 2.20 bits per heavy atom. The van der Waals surface area contributed by atoms with Gasteiger partial charge in [0.1, 0.15) is 11.9 Å². The number of hydrogen-bond donors (Lipinski definition) is 1. The van der Waals surface area contributed by atoms with Gasteiger partial charge in [0.2, 0.25) is 5.95 Å². The summed E-state index contributed by atoms with van der Waals surface area (Å²) in [5.41, 5.74) is -0.289. The van der Waals surface area contributed by atoms with E-state index in [4.69, 9.17) is 4.74 Å². The van der Waals surface area contributed by atoms with Crippen LogP contribution in [0.15, 0.2) is 34.9 Å². The van der Waals surface area contributed by atoms with Gasteiger partial charge in [0, 0.05) is 6.54 Å². The van der Waals surface area contributed by atoms with Gasteiger partial charge in [-0.3, -0.25) is 10.1 Å². The van der Waals surface area contributed by atoms with E-state index in [9.17, 15) is 10.1 Å². The fraction of sp³-hybridized carbons (Fsp3) is 0.167. The lowest BCUT2D eigenvalue weighted by atomic mass is 10.3. The summed E-state index contributed by atoms with van der Waals surface area (Å²) in [7, 11) is 0. The number of nitro groups is 1. The van der Waals surface area contributed by atoms with Crippen LogP contribution in [-0.2, 0) is 0 Å². The van der Waals surface area contributed by atoms with Crippen LogP contribution in [-0.4, -0.2) is 21.4 Å². The zero-order chi connectivity index (χ0) is 14.5. The normalized spacial score (nSPS) is 10.1. The molecular formula is C12H11BrN4O3. The van der Waals surface area contributed by atoms with E-state index < -0.39 is 4.92 Å². The highest BCUT2D eigenvalue weighted by Gasteiger charge is 2.20. The number of nitrogens with one attached hydrogen (secondary N) is 1. The molecule has 0 aliphatic carbocycles. The molecule has 20 heavy (non-hydrogen) atoms.